The zero-order valence-electron chi connectivity index (χ0n) is 10.3. The Balaban J connectivity index is 2.34. The van der Waals surface area contributed by atoms with Crippen molar-refractivity contribution < 1.29 is 14.6 Å². The van der Waals surface area contributed by atoms with Gasteiger partial charge in [0.05, 0.1) is 24.3 Å². The first kappa shape index (κ1) is 13.1. The van der Waals surface area contributed by atoms with E-state index < -0.39 is 5.97 Å². The lowest BCUT2D eigenvalue weighted by atomic mass is 10.2. The van der Waals surface area contributed by atoms with Gasteiger partial charge in [0.15, 0.2) is 0 Å². The maximum absolute atomic E-state index is 11.0. The van der Waals surface area contributed by atoms with Gasteiger partial charge in [-0.2, -0.15) is 0 Å². The third-order valence-corrected chi connectivity index (χ3v) is 3.12. The molecule has 2 heterocycles. The SMILES string of the molecule is CC1CN(c2cc(C(=O)O)cc(Cl)n2)C(C)CO1. The molecule has 1 N–H and O–H groups in total. The quantitative estimate of drug-likeness (QED) is 0.834. The summed E-state index contributed by atoms with van der Waals surface area (Å²) in [6.45, 7) is 5.25. The first-order valence-electron chi connectivity index (χ1n) is 5.76. The molecule has 2 rings (SSSR count). The van der Waals surface area contributed by atoms with Gasteiger partial charge < -0.3 is 14.7 Å². The molecule has 0 amide bonds. The second-order valence-corrected chi connectivity index (χ2v) is 4.87. The van der Waals surface area contributed by atoms with E-state index in [1.807, 2.05) is 18.7 Å². The molecule has 1 saturated heterocycles. The van der Waals surface area contributed by atoms with E-state index in [1.165, 1.54) is 6.07 Å². The Bertz CT molecular complexity index is 467. The van der Waals surface area contributed by atoms with Gasteiger partial charge in [-0.1, -0.05) is 11.6 Å². The topological polar surface area (TPSA) is 62.7 Å². The number of halogens is 1. The fourth-order valence-corrected chi connectivity index (χ4v) is 2.18. The van der Waals surface area contributed by atoms with E-state index in [9.17, 15) is 4.79 Å². The summed E-state index contributed by atoms with van der Waals surface area (Å²) in [5.41, 5.74) is 0.149. The third kappa shape index (κ3) is 2.73. The average molecular weight is 271 g/mol. The van der Waals surface area contributed by atoms with Crippen LogP contribution >= 0.6 is 11.6 Å². The van der Waals surface area contributed by atoms with E-state index in [2.05, 4.69) is 4.98 Å². The molecule has 18 heavy (non-hydrogen) atoms. The number of morpholine rings is 1. The monoisotopic (exact) mass is 270 g/mol. The Morgan fingerprint density at radius 3 is 2.94 bits per heavy atom. The summed E-state index contributed by atoms with van der Waals surface area (Å²) in [7, 11) is 0. The highest BCUT2D eigenvalue weighted by Crippen LogP contribution is 2.23. The molecular formula is C12H15ClN2O3. The Morgan fingerprint density at radius 1 is 1.56 bits per heavy atom. The van der Waals surface area contributed by atoms with Crippen LogP contribution in [0.15, 0.2) is 12.1 Å². The Labute approximate surface area is 110 Å². The van der Waals surface area contributed by atoms with Gasteiger partial charge in [-0.05, 0) is 26.0 Å². The average Bonchev–Trinajstić information content (AvgIpc) is 2.31. The number of nitrogens with zero attached hydrogens (tertiary/aromatic N) is 2. The van der Waals surface area contributed by atoms with Crippen molar-refractivity contribution in [2.75, 3.05) is 18.1 Å². The number of ether oxygens (including phenoxy) is 1. The molecular weight excluding hydrogens is 256 g/mol. The molecule has 0 aliphatic carbocycles. The molecule has 98 valence electrons. The van der Waals surface area contributed by atoms with Crippen molar-refractivity contribution in [3.63, 3.8) is 0 Å². The number of aromatic carboxylic acids is 1. The predicted molar refractivity (Wildman–Crippen MR) is 68.4 cm³/mol. The van der Waals surface area contributed by atoms with E-state index in [0.29, 0.717) is 19.0 Å². The van der Waals surface area contributed by atoms with Crippen LogP contribution < -0.4 is 4.90 Å². The summed E-state index contributed by atoms with van der Waals surface area (Å²) >= 11 is 5.87. The van der Waals surface area contributed by atoms with Crippen molar-refractivity contribution in [3.05, 3.63) is 22.8 Å². The molecule has 0 radical (unpaired) electrons. The molecule has 0 aromatic carbocycles. The fraction of sp³-hybridized carbons (Fsp3) is 0.500. The predicted octanol–water partition coefficient (Wildman–Crippen LogP) is 2.05. The summed E-state index contributed by atoms with van der Waals surface area (Å²) in [4.78, 5) is 17.2. The number of anilines is 1. The van der Waals surface area contributed by atoms with Crippen molar-refractivity contribution in [2.45, 2.75) is 26.0 Å². The molecule has 0 bridgehead atoms. The van der Waals surface area contributed by atoms with Gasteiger partial charge in [0.25, 0.3) is 0 Å². The van der Waals surface area contributed by atoms with Gasteiger partial charge in [-0.25, -0.2) is 9.78 Å². The minimum Gasteiger partial charge on any atom is -0.478 e. The number of carboxylic acid groups (broad SMARTS) is 1. The van der Waals surface area contributed by atoms with Crippen LogP contribution in [0.2, 0.25) is 5.15 Å². The number of carboxylic acids is 1. The molecule has 0 spiro atoms. The lowest BCUT2D eigenvalue weighted by Crippen LogP contribution is -2.47. The Morgan fingerprint density at radius 2 is 2.28 bits per heavy atom. The van der Waals surface area contributed by atoms with E-state index in [-0.39, 0.29) is 22.9 Å². The Hall–Kier alpha value is -1.33. The number of pyridine rings is 1. The van der Waals surface area contributed by atoms with Gasteiger partial charge in [-0.3, -0.25) is 0 Å². The smallest absolute Gasteiger partial charge is 0.335 e. The molecule has 1 aromatic heterocycles. The Kier molecular flexibility index (Phi) is 3.73. The second kappa shape index (κ2) is 5.12. The van der Waals surface area contributed by atoms with E-state index in [0.717, 1.165) is 0 Å². The van der Waals surface area contributed by atoms with E-state index in [1.54, 1.807) is 6.07 Å². The summed E-state index contributed by atoms with van der Waals surface area (Å²) in [6, 6.07) is 3.04. The molecule has 0 saturated carbocycles. The molecule has 2 unspecified atom stereocenters. The zero-order chi connectivity index (χ0) is 13.3. The third-order valence-electron chi connectivity index (χ3n) is 2.93. The van der Waals surface area contributed by atoms with Gasteiger partial charge >= 0.3 is 5.97 Å². The summed E-state index contributed by atoms with van der Waals surface area (Å²) < 4.78 is 5.53. The van der Waals surface area contributed by atoms with Crippen LogP contribution in [0.3, 0.4) is 0 Å². The molecule has 1 aliphatic heterocycles. The molecule has 1 aliphatic rings. The van der Waals surface area contributed by atoms with Gasteiger partial charge in [-0.15, -0.1) is 0 Å². The highest BCUT2D eigenvalue weighted by Gasteiger charge is 2.25. The first-order valence-corrected chi connectivity index (χ1v) is 6.14. The number of aromatic nitrogens is 1. The number of hydrogen-bond donors (Lipinski definition) is 1. The second-order valence-electron chi connectivity index (χ2n) is 4.49. The number of hydrogen-bond acceptors (Lipinski definition) is 4. The van der Waals surface area contributed by atoms with Crippen LogP contribution in [-0.2, 0) is 4.74 Å². The van der Waals surface area contributed by atoms with Crippen LogP contribution in [0.25, 0.3) is 0 Å². The minimum atomic E-state index is -1.01. The van der Waals surface area contributed by atoms with Crippen molar-refractivity contribution in [2.24, 2.45) is 0 Å². The van der Waals surface area contributed by atoms with Gasteiger partial charge in [0.2, 0.25) is 0 Å². The van der Waals surface area contributed by atoms with Crippen LogP contribution in [-0.4, -0.2) is 41.4 Å². The van der Waals surface area contributed by atoms with Crippen molar-refractivity contribution in [3.8, 4) is 0 Å². The minimum absolute atomic E-state index is 0.0928. The normalized spacial score (nSPS) is 24.1. The summed E-state index contributed by atoms with van der Waals surface area (Å²) in [5, 5.41) is 9.21. The maximum Gasteiger partial charge on any atom is 0.335 e. The van der Waals surface area contributed by atoms with Crippen LogP contribution in [0.4, 0.5) is 5.82 Å². The lowest BCUT2D eigenvalue weighted by Gasteiger charge is -2.37. The van der Waals surface area contributed by atoms with Gasteiger partial charge in [0, 0.05) is 6.54 Å². The van der Waals surface area contributed by atoms with Crippen LogP contribution in [0.5, 0.6) is 0 Å². The van der Waals surface area contributed by atoms with Crippen molar-refractivity contribution in [1.82, 2.24) is 4.98 Å². The van der Waals surface area contributed by atoms with Crippen molar-refractivity contribution >= 4 is 23.4 Å². The largest absolute Gasteiger partial charge is 0.478 e. The molecule has 1 fully saturated rings. The summed E-state index contributed by atoms with van der Waals surface area (Å²) in [6.07, 6.45) is 0.0928. The van der Waals surface area contributed by atoms with Crippen molar-refractivity contribution in [1.29, 1.82) is 0 Å². The molecule has 5 nitrogen and oxygen atoms in total. The first-order chi connectivity index (χ1) is 8.47. The summed E-state index contributed by atoms with van der Waals surface area (Å²) in [5.74, 6) is -0.419. The maximum atomic E-state index is 11.0. The van der Waals surface area contributed by atoms with Gasteiger partial charge in [0.1, 0.15) is 11.0 Å². The molecule has 1 aromatic rings. The highest BCUT2D eigenvalue weighted by molar-refractivity contribution is 6.29. The van der Waals surface area contributed by atoms with Crippen LogP contribution in [0, 0.1) is 0 Å². The standard InChI is InChI=1S/C12H15ClN2O3/c1-7-6-18-8(2)5-15(7)11-4-9(12(16)17)3-10(13)14-11/h3-4,7-8H,5-6H2,1-2H3,(H,16,17). The zero-order valence-corrected chi connectivity index (χ0v) is 11.0. The lowest BCUT2D eigenvalue weighted by molar-refractivity contribution is 0.0340. The number of carbonyl (C=O) groups is 1. The van der Waals surface area contributed by atoms with E-state index in [4.69, 9.17) is 21.4 Å². The number of rotatable bonds is 2. The molecule has 6 heteroatoms. The van der Waals surface area contributed by atoms with Crippen LogP contribution in [0.1, 0.15) is 24.2 Å². The fourth-order valence-electron chi connectivity index (χ4n) is 1.98. The highest BCUT2D eigenvalue weighted by atomic mass is 35.5. The molecule has 2 atom stereocenters. The van der Waals surface area contributed by atoms with E-state index >= 15 is 0 Å².